The van der Waals surface area contributed by atoms with Gasteiger partial charge in [-0.2, -0.15) is 0 Å². The molecule has 0 fully saturated rings. The minimum atomic E-state index is -0.209. The number of hydrogen-bond acceptors (Lipinski definition) is 8. The summed E-state index contributed by atoms with van der Waals surface area (Å²) in [6.45, 7) is 0. The zero-order valence-corrected chi connectivity index (χ0v) is 19.6. The van der Waals surface area contributed by atoms with E-state index >= 15 is 0 Å². The number of rotatable bonds is 8. The van der Waals surface area contributed by atoms with Crippen LogP contribution in [0.15, 0.2) is 24.3 Å². The fourth-order valence-corrected chi connectivity index (χ4v) is 2.71. The highest BCUT2D eigenvalue weighted by atomic mass is 16.5. The van der Waals surface area contributed by atoms with Crippen LogP contribution < -0.4 is 39.1 Å². The number of ether oxygens (including phenoxy) is 6. The molecule has 0 aliphatic rings. The summed E-state index contributed by atoms with van der Waals surface area (Å²) in [5, 5.41) is 5.06. The maximum Gasteiger partial charge on any atom is 0.251 e. The van der Waals surface area contributed by atoms with Crippen molar-refractivity contribution in [1.82, 2.24) is 10.6 Å². The van der Waals surface area contributed by atoms with Crippen LogP contribution in [0, 0.1) is 0 Å². The van der Waals surface area contributed by atoms with Gasteiger partial charge in [-0.3, -0.25) is 9.59 Å². The molecule has 2 amide bonds. The predicted molar refractivity (Wildman–Crippen MR) is 119 cm³/mol. The molecule has 176 valence electrons. The van der Waals surface area contributed by atoms with E-state index in [2.05, 4.69) is 10.6 Å². The molecule has 2 aromatic carbocycles. The molecule has 0 saturated carbocycles. The zero-order valence-electron chi connectivity index (χ0n) is 19.6. The Bertz CT molecular complexity index is 805. The molecule has 2 rings (SSSR count). The summed E-state index contributed by atoms with van der Waals surface area (Å²) in [6.07, 6.45) is 0. The van der Waals surface area contributed by atoms with E-state index in [-0.39, 0.29) is 11.8 Å². The van der Waals surface area contributed by atoms with Gasteiger partial charge in [0, 0.05) is 25.2 Å². The first-order valence-electron chi connectivity index (χ1n) is 9.39. The van der Waals surface area contributed by atoms with E-state index in [1.807, 2.05) is 0 Å². The lowest BCUT2D eigenvalue weighted by atomic mass is 10.1. The van der Waals surface area contributed by atoms with Crippen molar-refractivity contribution in [3.8, 4) is 34.5 Å². The van der Waals surface area contributed by atoms with Crippen molar-refractivity contribution in [2.24, 2.45) is 0 Å². The molecule has 10 heteroatoms. The van der Waals surface area contributed by atoms with E-state index in [4.69, 9.17) is 28.4 Å². The van der Waals surface area contributed by atoms with Crippen molar-refractivity contribution in [3.63, 3.8) is 0 Å². The number of hydrogen-bond donors (Lipinski definition) is 2. The Morgan fingerprint density at radius 1 is 0.531 bits per heavy atom. The van der Waals surface area contributed by atoms with Crippen LogP contribution in [0.4, 0.5) is 0 Å². The maximum absolute atomic E-state index is 11.5. The van der Waals surface area contributed by atoms with Gasteiger partial charge in [-0.25, -0.2) is 0 Å². The Balaban J connectivity index is 0.000000320. The SMILES string of the molecule is CNC(=O)c1cc(OC)c(OC)c(OC)c1.CNC(=O)c1cc(OC)c(OC)c(OC)c1. The second-order valence-electron chi connectivity index (χ2n) is 5.99. The first kappa shape index (κ1) is 26.2. The first-order chi connectivity index (χ1) is 15.3. The van der Waals surface area contributed by atoms with E-state index in [0.717, 1.165) is 0 Å². The van der Waals surface area contributed by atoms with Gasteiger partial charge in [0.25, 0.3) is 11.8 Å². The minimum Gasteiger partial charge on any atom is -0.493 e. The second kappa shape index (κ2) is 12.8. The van der Waals surface area contributed by atoms with Crippen molar-refractivity contribution in [1.29, 1.82) is 0 Å². The molecule has 0 aromatic heterocycles. The fourth-order valence-electron chi connectivity index (χ4n) is 2.71. The molecule has 0 unspecified atom stereocenters. The summed E-state index contributed by atoms with van der Waals surface area (Å²) in [7, 11) is 12.2. The van der Waals surface area contributed by atoms with Gasteiger partial charge in [-0.15, -0.1) is 0 Å². The summed E-state index contributed by atoms with van der Waals surface area (Å²) in [4.78, 5) is 23.0. The van der Waals surface area contributed by atoms with Crippen molar-refractivity contribution in [2.45, 2.75) is 0 Å². The lowest BCUT2D eigenvalue weighted by molar-refractivity contribution is 0.0954. The van der Waals surface area contributed by atoms with E-state index in [1.54, 1.807) is 38.4 Å². The highest BCUT2D eigenvalue weighted by molar-refractivity contribution is 5.96. The number of carbonyl (C=O) groups is 2. The van der Waals surface area contributed by atoms with Crippen molar-refractivity contribution in [2.75, 3.05) is 56.8 Å². The number of methoxy groups -OCH3 is 6. The van der Waals surface area contributed by atoms with Gasteiger partial charge in [0.05, 0.1) is 42.7 Å². The van der Waals surface area contributed by atoms with Crippen LogP contribution in [0.1, 0.15) is 20.7 Å². The van der Waals surface area contributed by atoms with Crippen LogP contribution in [0.25, 0.3) is 0 Å². The first-order valence-corrected chi connectivity index (χ1v) is 9.39. The molecule has 0 heterocycles. The topological polar surface area (TPSA) is 114 Å². The summed E-state index contributed by atoms with van der Waals surface area (Å²) < 4.78 is 30.8. The normalized spacial score (nSPS) is 9.50. The Morgan fingerprint density at radius 2 is 0.781 bits per heavy atom. The smallest absolute Gasteiger partial charge is 0.251 e. The van der Waals surface area contributed by atoms with Gasteiger partial charge >= 0.3 is 0 Å². The number of nitrogens with one attached hydrogen (secondary N) is 2. The van der Waals surface area contributed by atoms with E-state index in [1.165, 1.54) is 42.7 Å². The van der Waals surface area contributed by atoms with Gasteiger partial charge < -0.3 is 39.1 Å². The Kier molecular flexibility index (Phi) is 10.5. The Hall–Kier alpha value is -3.82. The Morgan fingerprint density at radius 3 is 0.938 bits per heavy atom. The van der Waals surface area contributed by atoms with Crippen LogP contribution in [0.3, 0.4) is 0 Å². The summed E-state index contributed by atoms with van der Waals surface area (Å²) in [5.41, 5.74) is 0.911. The van der Waals surface area contributed by atoms with Gasteiger partial charge in [-0.1, -0.05) is 0 Å². The molecule has 32 heavy (non-hydrogen) atoms. The summed E-state index contributed by atoms with van der Waals surface area (Å²) in [5.74, 6) is 2.36. The third-order valence-corrected chi connectivity index (χ3v) is 4.31. The van der Waals surface area contributed by atoms with Crippen LogP contribution in [0.5, 0.6) is 34.5 Å². The average molecular weight is 450 g/mol. The fraction of sp³-hybridized carbons (Fsp3) is 0.364. The molecule has 0 aliphatic carbocycles. The van der Waals surface area contributed by atoms with E-state index in [9.17, 15) is 9.59 Å². The van der Waals surface area contributed by atoms with Crippen molar-refractivity contribution >= 4 is 11.8 Å². The highest BCUT2D eigenvalue weighted by Crippen LogP contribution is 2.39. The number of carbonyl (C=O) groups excluding carboxylic acids is 2. The lowest BCUT2D eigenvalue weighted by Crippen LogP contribution is -2.18. The molecule has 0 radical (unpaired) electrons. The third kappa shape index (κ3) is 6.10. The molecule has 2 N–H and O–H groups in total. The minimum absolute atomic E-state index is 0.209. The van der Waals surface area contributed by atoms with Gasteiger partial charge in [0.15, 0.2) is 23.0 Å². The number of benzene rings is 2. The van der Waals surface area contributed by atoms with Crippen LogP contribution in [0.2, 0.25) is 0 Å². The van der Waals surface area contributed by atoms with Gasteiger partial charge in [0.2, 0.25) is 11.5 Å². The van der Waals surface area contributed by atoms with Crippen LogP contribution in [-0.4, -0.2) is 68.6 Å². The molecule has 10 nitrogen and oxygen atoms in total. The molecule has 0 bridgehead atoms. The molecule has 0 spiro atoms. The van der Waals surface area contributed by atoms with Crippen molar-refractivity contribution in [3.05, 3.63) is 35.4 Å². The van der Waals surface area contributed by atoms with E-state index in [0.29, 0.717) is 45.6 Å². The van der Waals surface area contributed by atoms with E-state index < -0.39 is 0 Å². The largest absolute Gasteiger partial charge is 0.493 e. The predicted octanol–water partition coefficient (Wildman–Crippen LogP) is 2.14. The average Bonchev–Trinajstić information content (AvgIpc) is 2.85. The lowest BCUT2D eigenvalue weighted by Gasteiger charge is -2.13. The molecular weight excluding hydrogens is 420 g/mol. The zero-order chi connectivity index (χ0) is 24.3. The van der Waals surface area contributed by atoms with Gasteiger partial charge in [0.1, 0.15) is 0 Å². The summed E-state index contributed by atoms with van der Waals surface area (Å²) in [6, 6.07) is 6.39. The maximum atomic E-state index is 11.5. The van der Waals surface area contributed by atoms with Crippen LogP contribution >= 0.6 is 0 Å². The van der Waals surface area contributed by atoms with Crippen LogP contribution in [-0.2, 0) is 0 Å². The van der Waals surface area contributed by atoms with Crippen molar-refractivity contribution < 1.29 is 38.0 Å². The molecule has 0 atom stereocenters. The monoisotopic (exact) mass is 450 g/mol. The number of amides is 2. The third-order valence-electron chi connectivity index (χ3n) is 4.31. The standard InChI is InChI=1S/2C11H15NO4/c2*1-12-11(13)7-5-8(14-2)10(16-4)9(6-7)15-3/h2*5-6H,1-4H3,(H,12,13). The van der Waals surface area contributed by atoms with Gasteiger partial charge in [-0.05, 0) is 24.3 Å². The second-order valence-corrected chi connectivity index (χ2v) is 5.99. The molecule has 0 saturated heterocycles. The highest BCUT2D eigenvalue weighted by Gasteiger charge is 2.17. The summed E-state index contributed by atoms with van der Waals surface area (Å²) >= 11 is 0. The molecule has 2 aromatic rings. The quantitative estimate of drug-likeness (QED) is 0.629. The Labute approximate surface area is 187 Å². The molecule has 0 aliphatic heterocycles. The molecular formula is C22H30N2O8.